The van der Waals surface area contributed by atoms with Crippen LogP contribution >= 0.6 is 0 Å². The summed E-state index contributed by atoms with van der Waals surface area (Å²) in [6, 6.07) is 1.49. The van der Waals surface area contributed by atoms with Crippen LogP contribution in [-0.2, 0) is 4.74 Å². The summed E-state index contributed by atoms with van der Waals surface area (Å²) in [5.74, 6) is 0.00245. The third-order valence-corrected chi connectivity index (χ3v) is 2.79. The van der Waals surface area contributed by atoms with Crippen LogP contribution in [0.1, 0.15) is 23.2 Å². The Kier molecular flexibility index (Phi) is 3.93. The molecule has 0 radical (unpaired) electrons. The van der Waals surface area contributed by atoms with E-state index in [1.165, 1.54) is 18.5 Å². The predicted molar refractivity (Wildman–Crippen MR) is 60.2 cm³/mol. The highest BCUT2D eigenvalue weighted by molar-refractivity contribution is 5.87. The Hall–Kier alpha value is -1.62. The molecule has 0 spiro atoms. The van der Waals surface area contributed by atoms with E-state index in [0.29, 0.717) is 18.3 Å². The molecule has 92 valence electrons. The Balaban J connectivity index is 1.89. The van der Waals surface area contributed by atoms with Crippen LogP contribution in [0.5, 0.6) is 5.75 Å². The van der Waals surface area contributed by atoms with E-state index < -0.39 is 5.97 Å². The number of nitrogens with zero attached hydrogens (tertiary/aromatic N) is 1. The zero-order valence-electron chi connectivity index (χ0n) is 9.46. The first-order chi connectivity index (χ1) is 8.25. The summed E-state index contributed by atoms with van der Waals surface area (Å²) in [5, 5.41) is 8.81. The van der Waals surface area contributed by atoms with Gasteiger partial charge in [-0.1, -0.05) is 0 Å². The SMILES string of the molecule is O=C(O)c1cncc(OCC2CCOCC2)c1. The van der Waals surface area contributed by atoms with Crippen molar-refractivity contribution in [1.29, 1.82) is 0 Å². The van der Waals surface area contributed by atoms with Gasteiger partial charge >= 0.3 is 5.97 Å². The van der Waals surface area contributed by atoms with Crippen molar-refractivity contribution in [2.75, 3.05) is 19.8 Å². The van der Waals surface area contributed by atoms with E-state index in [1.807, 2.05) is 0 Å². The monoisotopic (exact) mass is 237 g/mol. The first-order valence-corrected chi connectivity index (χ1v) is 5.64. The topological polar surface area (TPSA) is 68.7 Å². The number of carboxylic acid groups (broad SMARTS) is 1. The maximum absolute atomic E-state index is 10.7. The molecule has 2 heterocycles. The molecule has 1 aliphatic heterocycles. The summed E-state index contributed by atoms with van der Waals surface area (Å²) in [6.45, 7) is 2.15. The van der Waals surface area contributed by atoms with Crippen molar-refractivity contribution in [2.24, 2.45) is 5.92 Å². The van der Waals surface area contributed by atoms with Gasteiger partial charge in [0.15, 0.2) is 0 Å². The van der Waals surface area contributed by atoms with Crippen LogP contribution in [0.4, 0.5) is 0 Å². The van der Waals surface area contributed by atoms with Crippen LogP contribution in [0.15, 0.2) is 18.5 Å². The zero-order chi connectivity index (χ0) is 12.1. The Morgan fingerprint density at radius 1 is 1.47 bits per heavy atom. The minimum Gasteiger partial charge on any atom is -0.492 e. The van der Waals surface area contributed by atoms with Gasteiger partial charge in [-0.2, -0.15) is 0 Å². The van der Waals surface area contributed by atoms with Gasteiger partial charge in [0.25, 0.3) is 0 Å². The van der Waals surface area contributed by atoms with Crippen LogP contribution in [0, 0.1) is 5.92 Å². The smallest absolute Gasteiger partial charge is 0.337 e. The summed E-state index contributed by atoms with van der Waals surface area (Å²) < 4.78 is 10.8. The van der Waals surface area contributed by atoms with E-state index in [9.17, 15) is 4.79 Å². The number of pyridine rings is 1. The molecule has 0 amide bonds. The predicted octanol–water partition coefficient (Wildman–Crippen LogP) is 1.59. The number of carboxylic acids is 1. The second kappa shape index (κ2) is 5.63. The average molecular weight is 237 g/mol. The first-order valence-electron chi connectivity index (χ1n) is 5.64. The number of carbonyl (C=O) groups is 1. The lowest BCUT2D eigenvalue weighted by molar-refractivity contribution is 0.0496. The number of aromatic carboxylic acids is 1. The molecule has 2 rings (SSSR count). The molecule has 0 saturated carbocycles. The Morgan fingerprint density at radius 2 is 2.24 bits per heavy atom. The molecule has 1 saturated heterocycles. The van der Waals surface area contributed by atoms with Crippen molar-refractivity contribution in [3.8, 4) is 5.75 Å². The molecule has 1 N–H and O–H groups in total. The fourth-order valence-corrected chi connectivity index (χ4v) is 1.74. The van der Waals surface area contributed by atoms with E-state index in [0.717, 1.165) is 26.1 Å². The largest absolute Gasteiger partial charge is 0.492 e. The van der Waals surface area contributed by atoms with Crippen LogP contribution in [0.3, 0.4) is 0 Å². The number of ether oxygens (including phenoxy) is 2. The molecular weight excluding hydrogens is 222 g/mol. The maximum Gasteiger partial charge on any atom is 0.337 e. The van der Waals surface area contributed by atoms with E-state index in [4.69, 9.17) is 14.6 Å². The lowest BCUT2D eigenvalue weighted by Crippen LogP contribution is -2.21. The van der Waals surface area contributed by atoms with Crippen LogP contribution < -0.4 is 4.74 Å². The van der Waals surface area contributed by atoms with Gasteiger partial charge in [0.1, 0.15) is 5.75 Å². The van der Waals surface area contributed by atoms with Crippen LogP contribution in [-0.4, -0.2) is 35.9 Å². The Bertz CT molecular complexity index is 388. The highest BCUT2D eigenvalue weighted by atomic mass is 16.5. The van der Waals surface area contributed by atoms with Gasteiger partial charge in [-0.3, -0.25) is 4.98 Å². The van der Waals surface area contributed by atoms with Crippen molar-refractivity contribution in [2.45, 2.75) is 12.8 Å². The summed E-state index contributed by atoms with van der Waals surface area (Å²) in [6.07, 6.45) is 4.83. The fraction of sp³-hybridized carbons (Fsp3) is 0.500. The molecular formula is C12H15NO4. The second-order valence-electron chi connectivity index (χ2n) is 4.08. The Labute approximate surface area is 99.4 Å². The van der Waals surface area contributed by atoms with Gasteiger partial charge in [0.05, 0.1) is 18.4 Å². The number of hydrogen-bond donors (Lipinski definition) is 1. The van der Waals surface area contributed by atoms with Gasteiger partial charge in [0, 0.05) is 19.4 Å². The van der Waals surface area contributed by atoms with Crippen molar-refractivity contribution >= 4 is 5.97 Å². The molecule has 1 aromatic heterocycles. The normalized spacial score (nSPS) is 16.7. The molecule has 0 aromatic carbocycles. The summed E-state index contributed by atoms with van der Waals surface area (Å²) in [5.41, 5.74) is 0.148. The fourth-order valence-electron chi connectivity index (χ4n) is 1.74. The molecule has 17 heavy (non-hydrogen) atoms. The molecule has 0 aliphatic carbocycles. The molecule has 1 aliphatic rings. The number of aromatic nitrogens is 1. The second-order valence-corrected chi connectivity index (χ2v) is 4.08. The summed E-state index contributed by atoms with van der Waals surface area (Å²) in [4.78, 5) is 14.6. The van der Waals surface area contributed by atoms with Gasteiger partial charge in [-0.25, -0.2) is 4.79 Å². The molecule has 0 atom stereocenters. The summed E-state index contributed by atoms with van der Waals surface area (Å²) in [7, 11) is 0. The van der Waals surface area contributed by atoms with Gasteiger partial charge in [-0.15, -0.1) is 0 Å². The van der Waals surface area contributed by atoms with Crippen molar-refractivity contribution in [3.63, 3.8) is 0 Å². The standard InChI is InChI=1S/C12H15NO4/c14-12(15)10-5-11(7-13-6-10)17-8-9-1-3-16-4-2-9/h5-7,9H,1-4,8H2,(H,14,15). The summed E-state index contributed by atoms with van der Waals surface area (Å²) >= 11 is 0. The highest BCUT2D eigenvalue weighted by Crippen LogP contribution is 2.18. The first kappa shape index (κ1) is 11.9. The molecule has 1 fully saturated rings. The average Bonchev–Trinajstić information content (AvgIpc) is 2.38. The molecule has 5 nitrogen and oxygen atoms in total. The quantitative estimate of drug-likeness (QED) is 0.861. The van der Waals surface area contributed by atoms with E-state index in [-0.39, 0.29) is 5.56 Å². The van der Waals surface area contributed by atoms with Crippen molar-refractivity contribution in [3.05, 3.63) is 24.0 Å². The lowest BCUT2D eigenvalue weighted by Gasteiger charge is -2.21. The number of hydrogen-bond acceptors (Lipinski definition) is 4. The van der Waals surface area contributed by atoms with Gasteiger partial charge in [-0.05, 0) is 24.8 Å². The third kappa shape index (κ3) is 3.42. The van der Waals surface area contributed by atoms with Crippen LogP contribution in [0.25, 0.3) is 0 Å². The molecule has 5 heteroatoms. The zero-order valence-corrected chi connectivity index (χ0v) is 9.46. The minimum atomic E-state index is -0.992. The highest BCUT2D eigenvalue weighted by Gasteiger charge is 2.14. The van der Waals surface area contributed by atoms with Crippen molar-refractivity contribution < 1.29 is 19.4 Å². The Morgan fingerprint density at radius 3 is 2.94 bits per heavy atom. The molecule has 0 bridgehead atoms. The number of rotatable bonds is 4. The molecule has 1 aromatic rings. The molecule has 0 unspecified atom stereocenters. The van der Waals surface area contributed by atoms with Gasteiger partial charge in [0.2, 0.25) is 0 Å². The maximum atomic E-state index is 10.7. The van der Waals surface area contributed by atoms with E-state index in [1.54, 1.807) is 0 Å². The van der Waals surface area contributed by atoms with Crippen LogP contribution in [0.2, 0.25) is 0 Å². The third-order valence-electron chi connectivity index (χ3n) is 2.79. The van der Waals surface area contributed by atoms with E-state index >= 15 is 0 Å². The van der Waals surface area contributed by atoms with Gasteiger partial charge < -0.3 is 14.6 Å². The minimum absolute atomic E-state index is 0.148. The van der Waals surface area contributed by atoms with Crippen molar-refractivity contribution in [1.82, 2.24) is 4.98 Å². The van der Waals surface area contributed by atoms with E-state index in [2.05, 4.69) is 4.98 Å². The lowest BCUT2D eigenvalue weighted by atomic mass is 10.0.